The molecule has 5 rings (SSSR count). The summed E-state index contributed by atoms with van der Waals surface area (Å²) in [6, 6.07) is 17.9. The Bertz CT molecular complexity index is 1540. The molecule has 3 heterocycles. The molecule has 0 bridgehead atoms. The third kappa shape index (κ3) is 5.22. The van der Waals surface area contributed by atoms with Crippen LogP contribution in [0.15, 0.2) is 60.8 Å². The number of amides is 1. The highest BCUT2D eigenvalue weighted by atomic mass is 16.2. The lowest BCUT2D eigenvalue weighted by molar-refractivity contribution is -0.110. The van der Waals surface area contributed by atoms with Crippen molar-refractivity contribution in [1.82, 2.24) is 19.7 Å². The molecule has 7 nitrogen and oxygen atoms in total. The van der Waals surface area contributed by atoms with Crippen molar-refractivity contribution < 1.29 is 9.59 Å². The van der Waals surface area contributed by atoms with Gasteiger partial charge in [-0.15, -0.1) is 0 Å². The van der Waals surface area contributed by atoms with E-state index in [-0.39, 0.29) is 11.7 Å². The van der Waals surface area contributed by atoms with Crippen LogP contribution < -0.4 is 5.32 Å². The van der Waals surface area contributed by atoms with Crippen LogP contribution in [0.4, 0.5) is 5.69 Å². The minimum Gasteiger partial charge on any atom is -0.358 e. The summed E-state index contributed by atoms with van der Waals surface area (Å²) >= 11 is 0. The third-order valence-electron chi connectivity index (χ3n) is 7.56. The Morgan fingerprint density at radius 3 is 2.56 bits per heavy atom. The van der Waals surface area contributed by atoms with Gasteiger partial charge in [0.2, 0.25) is 0 Å². The number of Topliss-reactive ketones (excluding diaryl/α,β-unsaturated/α-hetero) is 1. The summed E-state index contributed by atoms with van der Waals surface area (Å²) < 4.78 is 1.89. The molecule has 0 atom stereocenters. The summed E-state index contributed by atoms with van der Waals surface area (Å²) in [5.41, 5.74) is 8.29. The first-order valence-electron chi connectivity index (χ1n) is 13.6. The number of nitrogens with one attached hydrogen (secondary N) is 2. The number of aromatic amines is 1. The molecule has 0 radical (unpaired) electrons. The Kier molecular flexibility index (Phi) is 7.61. The van der Waals surface area contributed by atoms with E-state index in [1.54, 1.807) is 6.20 Å². The van der Waals surface area contributed by atoms with Gasteiger partial charge in [0.15, 0.2) is 5.78 Å². The first-order chi connectivity index (χ1) is 18.9. The van der Waals surface area contributed by atoms with Crippen molar-refractivity contribution in [2.24, 2.45) is 0 Å². The standard InChI is InChI=1S/C32H35N5O2/c1-5-36(6-2)18-10-13-30(38)31-21(3)28(34-22(31)4)20-26-25-19-23(14-15-27(25)35-32(26)39)29-16-17-33-37(29)24-11-8-7-9-12-24/h7-9,11-12,14-17,19-20,34H,5-6,10,13,18H2,1-4H3,(H,35,39)/b26-20-. The number of hydrogen-bond donors (Lipinski definition) is 2. The second kappa shape index (κ2) is 11.3. The first kappa shape index (κ1) is 26.4. The molecule has 0 aliphatic carbocycles. The number of benzene rings is 2. The molecule has 4 aromatic rings. The van der Waals surface area contributed by atoms with E-state index in [0.29, 0.717) is 12.0 Å². The van der Waals surface area contributed by atoms with Crippen molar-refractivity contribution in [1.29, 1.82) is 0 Å². The van der Waals surface area contributed by atoms with Crippen LogP contribution in [0.3, 0.4) is 0 Å². The van der Waals surface area contributed by atoms with Crippen LogP contribution in [0.25, 0.3) is 28.6 Å². The fourth-order valence-electron chi connectivity index (χ4n) is 5.40. The number of nitrogens with zero attached hydrogens (tertiary/aromatic N) is 3. The van der Waals surface area contributed by atoms with Gasteiger partial charge in [-0.3, -0.25) is 9.59 Å². The topological polar surface area (TPSA) is 83.0 Å². The average molecular weight is 522 g/mol. The summed E-state index contributed by atoms with van der Waals surface area (Å²) in [5, 5.41) is 7.50. The lowest BCUT2D eigenvalue weighted by atomic mass is 9.99. The Labute approximate surface area is 229 Å². The molecule has 200 valence electrons. The van der Waals surface area contributed by atoms with Gasteiger partial charge in [0.25, 0.3) is 5.91 Å². The molecule has 1 amide bonds. The number of aromatic nitrogens is 3. The van der Waals surface area contributed by atoms with Crippen LogP contribution in [0.1, 0.15) is 59.6 Å². The molecule has 0 fully saturated rings. The van der Waals surface area contributed by atoms with Crippen molar-refractivity contribution in [2.45, 2.75) is 40.5 Å². The highest BCUT2D eigenvalue weighted by Gasteiger charge is 2.26. The molecule has 1 aliphatic rings. The molecular weight excluding hydrogens is 486 g/mol. The minimum absolute atomic E-state index is 0.144. The molecule has 39 heavy (non-hydrogen) atoms. The first-order valence-corrected chi connectivity index (χ1v) is 13.6. The summed E-state index contributed by atoms with van der Waals surface area (Å²) in [5.74, 6) is -0.0109. The predicted octanol–water partition coefficient (Wildman–Crippen LogP) is 6.28. The number of aryl methyl sites for hydroxylation is 1. The predicted molar refractivity (Wildman–Crippen MR) is 157 cm³/mol. The second-order valence-corrected chi connectivity index (χ2v) is 9.95. The molecular formula is C32H35N5O2. The zero-order valence-corrected chi connectivity index (χ0v) is 23.0. The number of rotatable bonds is 10. The maximum absolute atomic E-state index is 13.1. The Morgan fingerprint density at radius 1 is 1.05 bits per heavy atom. The van der Waals surface area contributed by atoms with Gasteiger partial charge in [-0.25, -0.2) is 4.68 Å². The average Bonchev–Trinajstić information content (AvgIpc) is 3.63. The number of hydrogen-bond acceptors (Lipinski definition) is 4. The van der Waals surface area contributed by atoms with Gasteiger partial charge in [0, 0.05) is 40.2 Å². The summed E-state index contributed by atoms with van der Waals surface area (Å²) in [7, 11) is 0. The summed E-state index contributed by atoms with van der Waals surface area (Å²) in [6.45, 7) is 11.1. The van der Waals surface area contributed by atoms with Gasteiger partial charge in [-0.05, 0) is 81.9 Å². The lowest BCUT2D eigenvalue weighted by Crippen LogP contribution is -2.24. The van der Waals surface area contributed by atoms with Crippen molar-refractivity contribution in [3.05, 3.63) is 88.9 Å². The molecule has 1 aliphatic heterocycles. The Hall–Kier alpha value is -4.23. The van der Waals surface area contributed by atoms with Gasteiger partial charge < -0.3 is 15.2 Å². The monoisotopic (exact) mass is 521 g/mol. The summed E-state index contributed by atoms with van der Waals surface area (Å²) in [4.78, 5) is 31.9. The number of anilines is 1. The molecule has 2 N–H and O–H groups in total. The van der Waals surface area contributed by atoms with Crippen LogP contribution >= 0.6 is 0 Å². The van der Waals surface area contributed by atoms with E-state index in [1.807, 2.05) is 79.2 Å². The van der Waals surface area contributed by atoms with Crippen molar-refractivity contribution in [2.75, 3.05) is 25.0 Å². The largest absolute Gasteiger partial charge is 0.358 e. The van der Waals surface area contributed by atoms with Crippen LogP contribution in [0.5, 0.6) is 0 Å². The van der Waals surface area contributed by atoms with Gasteiger partial charge in [-0.2, -0.15) is 5.10 Å². The number of ketones is 1. The zero-order chi connectivity index (χ0) is 27.5. The number of carbonyl (C=O) groups excluding carboxylic acids is 2. The Morgan fingerprint density at radius 2 is 1.82 bits per heavy atom. The molecule has 0 spiro atoms. The molecule has 0 unspecified atom stereocenters. The van der Waals surface area contributed by atoms with Gasteiger partial charge in [0.1, 0.15) is 0 Å². The van der Waals surface area contributed by atoms with E-state index in [0.717, 1.165) is 76.8 Å². The maximum atomic E-state index is 13.1. The lowest BCUT2D eigenvalue weighted by Gasteiger charge is -2.17. The van der Waals surface area contributed by atoms with Crippen LogP contribution in [-0.2, 0) is 4.79 Å². The van der Waals surface area contributed by atoms with Gasteiger partial charge in [0.05, 0.1) is 23.2 Å². The fraction of sp³-hybridized carbons (Fsp3) is 0.281. The van der Waals surface area contributed by atoms with E-state index in [2.05, 4.69) is 34.1 Å². The van der Waals surface area contributed by atoms with Gasteiger partial charge >= 0.3 is 0 Å². The smallest absolute Gasteiger partial charge is 0.256 e. The van der Waals surface area contributed by atoms with E-state index >= 15 is 0 Å². The van der Waals surface area contributed by atoms with E-state index in [4.69, 9.17) is 0 Å². The molecule has 0 saturated heterocycles. The van der Waals surface area contributed by atoms with E-state index in [9.17, 15) is 9.59 Å². The number of para-hydroxylation sites is 1. The second-order valence-electron chi connectivity index (χ2n) is 9.95. The molecule has 2 aromatic heterocycles. The zero-order valence-electron chi connectivity index (χ0n) is 23.0. The van der Waals surface area contributed by atoms with Crippen LogP contribution in [-0.4, -0.2) is 51.0 Å². The van der Waals surface area contributed by atoms with Crippen molar-refractivity contribution in [3.63, 3.8) is 0 Å². The minimum atomic E-state index is -0.155. The van der Waals surface area contributed by atoms with Gasteiger partial charge in [-0.1, -0.05) is 38.1 Å². The Balaban J connectivity index is 1.44. The molecule has 2 aromatic carbocycles. The van der Waals surface area contributed by atoms with Crippen LogP contribution in [0.2, 0.25) is 0 Å². The molecule has 0 saturated carbocycles. The van der Waals surface area contributed by atoms with Crippen molar-refractivity contribution in [3.8, 4) is 16.9 Å². The number of H-pyrrole nitrogens is 1. The third-order valence-corrected chi connectivity index (χ3v) is 7.56. The van der Waals surface area contributed by atoms with E-state index < -0.39 is 0 Å². The SMILES string of the molecule is CCN(CC)CCCC(=O)c1c(C)[nH]c(/C=C2\C(=O)Nc3ccc(-c4ccnn4-c4ccccc4)cc32)c1C. The quantitative estimate of drug-likeness (QED) is 0.190. The fourth-order valence-corrected chi connectivity index (χ4v) is 5.40. The molecule has 7 heteroatoms. The number of carbonyl (C=O) groups is 2. The van der Waals surface area contributed by atoms with E-state index in [1.165, 1.54) is 0 Å². The maximum Gasteiger partial charge on any atom is 0.256 e. The van der Waals surface area contributed by atoms with Crippen LogP contribution in [0, 0.1) is 13.8 Å². The highest BCUT2D eigenvalue weighted by Crippen LogP contribution is 2.37. The highest BCUT2D eigenvalue weighted by molar-refractivity contribution is 6.35. The number of fused-ring (bicyclic) bond motifs is 1. The normalized spacial score (nSPS) is 13.8. The summed E-state index contributed by atoms with van der Waals surface area (Å²) in [6.07, 6.45) is 4.99. The van der Waals surface area contributed by atoms with Crippen molar-refractivity contribution >= 4 is 29.0 Å².